The molecule has 0 unspecified atom stereocenters. The molecule has 1 aliphatic carbocycles. The Bertz CT molecular complexity index is 557. The normalized spacial score (nSPS) is 24.5. The van der Waals surface area contributed by atoms with E-state index < -0.39 is 5.82 Å². The molecule has 0 aromatic heterocycles. The molecule has 0 spiro atoms. The van der Waals surface area contributed by atoms with Crippen LogP contribution in [-0.4, -0.2) is 36.2 Å². The fourth-order valence-corrected chi connectivity index (χ4v) is 3.45. The first-order valence-electron chi connectivity index (χ1n) is 8.00. The molecule has 0 bridgehead atoms. The van der Waals surface area contributed by atoms with Gasteiger partial charge in [0.25, 0.3) is 0 Å². The number of hydrogen-bond donors (Lipinski definition) is 2. The number of hydrogen-bond acceptors (Lipinski definition) is 2. The third-order valence-electron chi connectivity index (χ3n) is 4.91. The van der Waals surface area contributed by atoms with Crippen LogP contribution >= 0.6 is 23.8 Å². The summed E-state index contributed by atoms with van der Waals surface area (Å²) >= 11 is 11.2. The Morgan fingerprint density at radius 1 is 1.39 bits per heavy atom. The van der Waals surface area contributed by atoms with Crippen LogP contribution in [0, 0.1) is 11.7 Å². The minimum Gasteiger partial charge on any atom is -0.361 e. The highest BCUT2D eigenvalue weighted by Crippen LogP contribution is 2.34. The van der Waals surface area contributed by atoms with Crippen molar-refractivity contribution in [3.63, 3.8) is 0 Å². The molecule has 2 rings (SSSR count). The molecule has 1 aromatic carbocycles. The number of anilines is 1. The number of rotatable bonds is 4. The van der Waals surface area contributed by atoms with E-state index in [0.717, 1.165) is 12.5 Å². The van der Waals surface area contributed by atoms with Crippen molar-refractivity contribution in [1.29, 1.82) is 0 Å². The summed E-state index contributed by atoms with van der Waals surface area (Å²) in [6.07, 6.45) is 4.82. The third kappa shape index (κ3) is 4.78. The minimum atomic E-state index is -0.431. The monoisotopic (exact) mass is 357 g/mol. The van der Waals surface area contributed by atoms with Gasteiger partial charge in [-0.3, -0.25) is 0 Å². The van der Waals surface area contributed by atoms with E-state index in [-0.39, 0.29) is 10.6 Å². The lowest BCUT2D eigenvalue weighted by Crippen LogP contribution is -2.55. The summed E-state index contributed by atoms with van der Waals surface area (Å²) < 4.78 is 13.2. The molecule has 0 heterocycles. The second-order valence-corrected chi connectivity index (χ2v) is 7.55. The molecule has 128 valence electrons. The number of thiocarbonyl (C=S) groups is 1. The maximum absolute atomic E-state index is 13.2. The van der Waals surface area contributed by atoms with E-state index >= 15 is 0 Å². The molecule has 1 fully saturated rings. The van der Waals surface area contributed by atoms with Crippen molar-refractivity contribution in [2.45, 2.75) is 38.1 Å². The molecule has 2 N–H and O–H groups in total. The van der Waals surface area contributed by atoms with Gasteiger partial charge in [0.1, 0.15) is 5.82 Å². The fraction of sp³-hybridized carbons (Fsp3) is 0.588. The van der Waals surface area contributed by atoms with Crippen LogP contribution in [0.15, 0.2) is 18.2 Å². The van der Waals surface area contributed by atoms with Crippen molar-refractivity contribution in [3.8, 4) is 0 Å². The van der Waals surface area contributed by atoms with Gasteiger partial charge in [-0.05, 0) is 76.1 Å². The molecule has 0 amide bonds. The standard InChI is InChI=1S/C17H25ClFN3S/c1-12-6-8-17(9-7-12,22(2)3)11-20-16(23)21-13-4-5-15(19)14(18)10-13/h4-5,10,12H,6-9,11H2,1-3H3,(H2,20,21,23). The quantitative estimate of drug-likeness (QED) is 0.787. The lowest BCUT2D eigenvalue weighted by molar-refractivity contribution is 0.0868. The zero-order chi connectivity index (χ0) is 17.0. The van der Waals surface area contributed by atoms with E-state index in [1.807, 2.05) is 0 Å². The third-order valence-corrected chi connectivity index (χ3v) is 5.45. The van der Waals surface area contributed by atoms with Gasteiger partial charge >= 0.3 is 0 Å². The zero-order valence-electron chi connectivity index (χ0n) is 14.0. The molecular weight excluding hydrogens is 333 g/mol. The Balaban J connectivity index is 1.92. The minimum absolute atomic E-state index is 0.0869. The van der Waals surface area contributed by atoms with Gasteiger partial charge in [-0.1, -0.05) is 18.5 Å². The lowest BCUT2D eigenvalue weighted by Gasteiger charge is -2.45. The summed E-state index contributed by atoms with van der Waals surface area (Å²) in [5.74, 6) is 0.369. The van der Waals surface area contributed by atoms with Crippen molar-refractivity contribution in [1.82, 2.24) is 10.2 Å². The van der Waals surface area contributed by atoms with Crippen LogP contribution in [-0.2, 0) is 0 Å². The first kappa shape index (κ1) is 18.4. The van der Waals surface area contributed by atoms with E-state index in [2.05, 4.69) is 36.6 Å². The summed E-state index contributed by atoms with van der Waals surface area (Å²) in [6.45, 7) is 3.12. The van der Waals surface area contributed by atoms with Gasteiger partial charge in [0.2, 0.25) is 0 Å². The van der Waals surface area contributed by atoms with Crippen LogP contribution in [0.4, 0.5) is 10.1 Å². The highest BCUT2D eigenvalue weighted by molar-refractivity contribution is 7.80. The van der Waals surface area contributed by atoms with E-state index in [9.17, 15) is 4.39 Å². The van der Waals surface area contributed by atoms with Crippen LogP contribution in [0.2, 0.25) is 5.02 Å². The smallest absolute Gasteiger partial charge is 0.170 e. The summed E-state index contributed by atoms with van der Waals surface area (Å²) in [7, 11) is 4.27. The SMILES string of the molecule is CC1CCC(CNC(=S)Nc2ccc(F)c(Cl)c2)(N(C)C)CC1. The number of halogens is 2. The molecule has 23 heavy (non-hydrogen) atoms. The van der Waals surface area contributed by atoms with Gasteiger partial charge in [0.05, 0.1) is 5.02 Å². The maximum atomic E-state index is 13.2. The zero-order valence-corrected chi connectivity index (χ0v) is 15.5. The molecule has 3 nitrogen and oxygen atoms in total. The predicted molar refractivity (Wildman–Crippen MR) is 99.7 cm³/mol. The first-order valence-corrected chi connectivity index (χ1v) is 8.78. The van der Waals surface area contributed by atoms with Crippen molar-refractivity contribution >= 4 is 34.6 Å². The molecule has 1 aromatic rings. The van der Waals surface area contributed by atoms with Crippen molar-refractivity contribution in [3.05, 3.63) is 29.0 Å². The highest BCUT2D eigenvalue weighted by Gasteiger charge is 2.36. The number of nitrogens with zero attached hydrogens (tertiary/aromatic N) is 1. The van der Waals surface area contributed by atoms with Gasteiger partial charge in [0.15, 0.2) is 5.11 Å². The number of nitrogens with one attached hydrogen (secondary N) is 2. The largest absolute Gasteiger partial charge is 0.361 e. The molecular formula is C17H25ClFN3S. The Hall–Kier alpha value is -0.910. The van der Waals surface area contributed by atoms with Crippen LogP contribution < -0.4 is 10.6 Å². The van der Waals surface area contributed by atoms with Gasteiger partial charge in [-0.15, -0.1) is 0 Å². The Kier molecular flexibility index (Phi) is 6.23. The number of benzene rings is 1. The van der Waals surface area contributed by atoms with Crippen LogP contribution in [0.3, 0.4) is 0 Å². The average molecular weight is 358 g/mol. The van der Waals surface area contributed by atoms with Crippen LogP contribution in [0.5, 0.6) is 0 Å². The highest BCUT2D eigenvalue weighted by atomic mass is 35.5. The van der Waals surface area contributed by atoms with Gasteiger partial charge in [-0.2, -0.15) is 0 Å². The van der Waals surface area contributed by atoms with Gasteiger partial charge in [0, 0.05) is 17.8 Å². The molecule has 1 saturated carbocycles. The van der Waals surface area contributed by atoms with Crippen molar-refractivity contribution in [2.75, 3.05) is 26.0 Å². The van der Waals surface area contributed by atoms with E-state index in [0.29, 0.717) is 10.8 Å². The Morgan fingerprint density at radius 2 is 2.04 bits per heavy atom. The van der Waals surface area contributed by atoms with Crippen molar-refractivity contribution < 1.29 is 4.39 Å². The Labute approximate surface area is 148 Å². The van der Waals surface area contributed by atoms with Gasteiger partial charge in [-0.25, -0.2) is 4.39 Å². The molecule has 0 aliphatic heterocycles. The van der Waals surface area contributed by atoms with Gasteiger partial charge < -0.3 is 15.5 Å². The predicted octanol–water partition coefficient (Wildman–Crippen LogP) is 4.28. The molecule has 0 atom stereocenters. The Morgan fingerprint density at radius 3 is 2.61 bits per heavy atom. The molecule has 6 heteroatoms. The van der Waals surface area contributed by atoms with E-state index in [1.165, 1.54) is 37.8 Å². The summed E-state index contributed by atoms with van der Waals surface area (Å²) in [5, 5.41) is 7.00. The fourth-order valence-electron chi connectivity index (χ4n) is 3.08. The van der Waals surface area contributed by atoms with Crippen LogP contribution in [0.25, 0.3) is 0 Å². The molecule has 0 saturated heterocycles. The summed E-state index contributed by atoms with van der Waals surface area (Å²) in [4.78, 5) is 2.31. The number of likely N-dealkylation sites (N-methyl/N-ethyl adjacent to an activating group) is 1. The lowest BCUT2D eigenvalue weighted by atomic mass is 9.76. The topological polar surface area (TPSA) is 27.3 Å². The summed E-state index contributed by atoms with van der Waals surface area (Å²) in [5.41, 5.74) is 0.823. The molecule has 0 radical (unpaired) electrons. The first-order chi connectivity index (χ1) is 10.8. The second-order valence-electron chi connectivity index (χ2n) is 6.74. The maximum Gasteiger partial charge on any atom is 0.170 e. The summed E-state index contributed by atoms with van der Waals surface area (Å²) in [6, 6.07) is 4.49. The van der Waals surface area contributed by atoms with E-state index in [4.69, 9.17) is 23.8 Å². The van der Waals surface area contributed by atoms with E-state index in [1.54, 1.807) is 6.07 Å². The van der Waals surface area contributed by atoms with Crippen LogP contribution in [0.1, 0.15) is 32.6 Å². The van der Waals surface area contributed by atoms with Crippen molar-refractivity contribution in [2.24, 2.45) is 5.92 Å². The average Bonchev–Trinajstić information content (AvgIpc) is 2.50. The second kappa shape index (κ2) is 7.77. The molecule has 1 aliphatic rings.